The third-order valence-corrected chi connectivity index (χ3v) is 5.07. The molecule has 0 bridgehead atoms. The van der Waals surface area contributed by atoms with Gasteiger partial charge < -0.3 is 15.5 Å². The Kier molecular flexibility index (Phi) is 5.38. The minimum atomic E-state index is -0.126. The van der Waals surface area contributed by atoms with Crippen molar-refractivity contribution in [3.63, 3.8) is 0 Å². The smallest absolute Gasteiger partial charge is 0.319 e. The van der Waals surface area contributed by atoms with Crippen LogP contribution in [-0.2, 0) is 17.8 Å². The molecule has 0 radical (unpaired) electrons. The fourth-order valence-corrected chi connectivity index (χ4v) is 3.67. The molecule has 1 aromatic rings. The molecule has 1 saturated carbocycles. The first-order chi connectivity index (χ1) is 11.7. The summed E-state index contributed by atoms with van der Waals surface area (Å²) in [6.07, 6.45) is 7.25. The summed E-state index contributed by atoms with van der Waals surface area (Å²) in [5, 5.41) is 6.01. The van der Waals surface area contributed by atoms with Crippen LogP contribution < -0.4 is 10.6 Å². The molecule has 3 amide bonds. The number of carbonyl (C=O) groups is 2. The lowest BCUT2D eigenvalue weighted by atomic mass is 9.96. The first-order valence-corrected chi connectivity index (χ1v) is 9.13. The molecule has 0 aromatic heterocycles. The highest BCUT2D eigenvalue weighted by Gasteiger charge is 2.20. The van der Waals surface area contributed by atoms with E-state index in [9.17, 15) is 9.59 Å². The van der Waals surface area contributed by atoms with Gasteiger partial charge in [-0.3, -0.25) is 4.79 Å². The topological polar surface area (TPSA) is 61.4 Å². The fraction of sp³-hybridized carbons (Fsp3) is 0.579. The molecule has 24 heavy (non-hydrogen) atoms. The Morgan fingerprint density at radius 1 is 1.17 bits per heavy atom. The highest BCUT2D eigenvalue weighted by atomic mass is 16.2. The predicted octanol–water partition coefficient (Wildman–Crippen LogP) is 3.44. The molecule has 0 atom stereocenters. The molecule has 2 N–H and O–H groups in total. The van der Waals surface area contributed by atoms with Crippen molar-refractivity contribution in [1.82, 2.24) is 10.2 Å². The van der Waals surface area contributed by atoms with Crippen LogP contribution in [-0.4, -0.2) is 29.4 Å². The molecule has 0 saturated heterocycles. The Morgan fingerprint density at radius 2 is 1.96 bits per heavy atom. The minimum Gasteiger partial charge on any atom is -0.338 e. The Morgan fingerprint density at radius 3 is 2.71 bits per heavy atom. The van der Waals surface area contributed by atoms with Gasteiger partial charge in [0.05, 0.1) is 0 Å². The summed E-state index contributed by atoms with van der Waals surface area (Å²) in [6.45, 7) is 3.32. The fourth-order valence-electron chi connectivity index (χ4n) is 3.67. The molecule has 1 heterocycles. The van der Waals surface area contributed by atoms with Crippen molar-refractivity contribution in [2.45, 2.75) is 64.5 Å². The van der Waals surface area contributed by atoms with Crippen LogP contribution in [0.5, 0.6) is 0 Å². The summed E-state index contributed by atoms with van der Waals surface area (Å²) in [4.78, 5) is 26.0. The van der Waals surface area contributed by atoms with E-state index in [2.05, 4.69) is 16.7 Å². The Bertz CT molecular complexity index is 609. The van der Waals surface area contributed by atoms with Gasteiger partial charge in [-0.25, -0.2) is 4.79 Å². The molecule has 2 aliphatic rings. The van der Waals surface area contributed by atoms with E-state index < -0.39 is 0 Å². The SMILES string of the molecule is CCC(=O)N1CCc2ccc(NC(=O)NC3CCCCC3)cc2C1. The van der Waals surface area contributed by atoms with E-state index in [0.717, 1.165) is 37.1 Å². The quantitative estimate of drug-likeness (QED) is 0.892. The van der Waals surface area contributed by atoms with E-state index >= 15 is 0 Å². The molecule has 5 heteroatoms. The van der Waals surface area contributed by atoms with Crippen molar-refractivity contribution in [3.8, 4) is 0 Å². The first-order valence-electron chi connectivity index (χ1n) is 9.13. The number of hydrogen-bond donors (Lipinski definition) is 2. The zero-order chi connectivity index (χ0) is 16.9. The van der Waals surface area contributed by atoms with E-state index in [1.54, 1.807) is 0 Å². The maximum Gasteiger partial charge on any atom is 0.319 e. The van der Waals surface area contributed by atoms with Crippen molar-refractivity contribution in [1.29, 1.82) is 0 Å². The number of fused-ring (bicyclic) bond motifs is 1. The first kappa shape index (κ1) is 16.8. The third-order valence-electron chi connectivity index (χ3n) is 5.07. The number of anilines is 1. The van der Waals surface area contributed by atoms with Gasteiger partial charge in [-0.15, -0.1) is 0 Å². The van der Waals surface area contributed by atoms with Gasteiger partial charge in [0, 0.05) is 31.2 Å². The molecule has 1 aliphatic heterocycles. The lowest BCUT2D eigenvalue weighted by molar-refractivity contribution is -0.131. The maximum atomic E-state index is 12.2. The van der Waals surface area contributed by atoms with Crippen LogP contribution in [0.4, 0.5) is 10.5 Å². The van der Waals surface area contributed by atoms with E-state index in [1.807, 2.05) is 24.0 Å². The van der Waals surface area contributed by atoms with Crippen molar-refractivity contribution >= 4 is 17.6 Å². The van der Waals surface area contributed by atoms with Gasteiger partial charge in [0.1, 0.15) is 0 Å². The van der Waals surface area contributed by atoms with Gasteiger partial charge in [0.25, 0.3) is 0 Å². The maximum absolute atomic E-state index is 12.2. The van der Waals surface area contributed by atoms with Crippen LogP contribution >= 0.6 is 0 Å². The van der Waals surface area contributed by atoms with Crippen molar-refractivity contribution in [2.24, 2.45) is 0 Å². The van der Waals surface area contributed by atoms with Crippen molar-refractivity contribution in [3.05, 3.63) is 29.3 Å². The number of benzene rings is 1. The summed E-state index contributed by atoms with van der Waals surface area (Å²) in [7, 11) is 0. The molecule has 5 nitrogen and oxygen atoms in total. The van der Waals surface area contributed by atoms with Gasteiger partial charge in [-0.1, -0.05) is 32.3 Å². The standard InChI is InChI=1S/C19H27N3O2/c1-2-18(23)22-11-10-14-8-9-17(12-15(14)13-22)21-19(24)20-16-6-4-3-5-7-16/h8-9,12,16H,2-7,10-11,13H2,1H3,(H2,20,21,24). The Hall–Kier alpha value is -2.04. The average molecular weight is 329 g/mol. The molecule has 3 rings (SSSR count). The third kappa shape index (κ3) is 4.08. The monoisotopic (exact) mass is 329 g/mol. The summed E-state index contributed by atoms with van der Waals surface area (Å²) >= 11 is 0. The number of rotatable bonds is 3. The molecule has 0 unspecified atom stereocenters. The number of hydrogen-bond acceptors (Lipinski definition) is 2. The van der Waals surface area contributed by atoms with Gasteiger partial charge in [-0.2, -0.15) is 0 Å². The van der Waals surface area contributed by atoms with Crippen LogP contribution in [0.2, 0.25) is 0 Å². The summed E-state index contributed by atoms with van der Waals surface area (Å²) in [5.74, 6) is 0.189. The van der Waals surface area contributed by atoms with Crippen LogP contribution in [0.25, 0.3) is 0 Å². The van der Waals surface area contributed by atoms with E-state index in [0.29, 0.717) is 19.0 Å². The van der Waals surface area contributed by atoms with Crippen molar-refractivity contribution < 1.29 is 9.59 Å². The van der Waals surface area contributed by atoms with Crippen LogP contribution in [0, 0.1) is 0 Å². The predicted molar refractivity (Wildman–Crippen MR) is 94.9 cm³/mol. The van der Waals surface area contributed by atoms with Gasteiger partial charge >= 0.3 is 6.03 Å². The number of amides is 3. The molecular formula is C19H27N3O2. The van der Waals surface area contributed by atoms with Crippen LogP contribution in [0.1, 0.15) is 56.6 Å². The molecular weight excluding hydrogens is 302 g/mol. The van der Waals surface area contributed by atoms with Crippen molar-refractivity contribution in [2.75, 3.05) is 11.9 Å². The summed E-state index contributed by atoms with van der Waals surface area (Å²) < 4.78 is 0. The highest BCUT2D eigenvalue weighted by Crippen LogP contribution is 2.23. The van der Waals surface area contributed by atoms with E-state index in [1.165, 1.54) is 24.8 Å². The zero-order valence-corrected chi connectivity index (χ0v) is 14.4. The second-order valence-electron chi connectivity index (χ2n) is 6.84. The normalized spacial score (nSPS) is 18.0. The van der Waals surface area contributed by atoms with E-state index in [4.69, 9.17) is 0 Å². The molecule has 1 fully saturated rings. The van der Waals surface area contributed by atoms with E-state index in [-0.39, 0.29) is 11.9 Å². The Labute approximate surface area is 143 Å². The highest BCUT2D eigenvalue weighted by molar-refractivity contribution is 5.89. The number of nitrogens with zero attached hydrogens (tertiary/aromatic N) is 1. The lowest BCUT2D eigenvalue weighted by Gasteiger charge is -2.29. The second kappa shape index (κ2) is 7.69. The summed E-state index contributed by atoms with van der Waals surface area (Å²) in [5.41, 5.74) is 3.21. The zero-order valence-electron chi connectivity index (χ0n) is 14.4. The number of carbonyl (C=O) groups excluding carboxylic acids is 2. The van der Waals surface area contributed by atoms with Gasteiger partial charge in [0.15, 0.2) is 0 Å². The minimum absolute atomic E-state index is 0.126. The van der Waals surface area contributed by atoms with Crippen LogP contribution in [0.15, 0.2) is 18.2 Å². The number of nitrogens with one attached hydrogen (secondary N) is 2. The average Bonchev–Trinajstić information content (AvgIpc) is 2.61. The molecule has 130 valence electrons. The largest absolute Gasteiger partial charge is 0.338 e. The molecule has 0 spiro atoms. The number of urea groups is 1. The van der Waals surface area contributed by atoms with Gasteiger partial charge in [-0.05, 0) is 42.5 Å². The summed E-state index contributed by atoms with van der Waals surface area (Å²) in [6, 6.07) is 6.20. The Balaban J connectivity index is 1.61. The molecule has 1 aromatic carbocycles. The van der Waals surface area contributed by atoms with Gasteiger partial charge in [0.2, 0.25) is 5.91 Å². The molecule has 1 aliphatic carbocycles. The lowest BCUT2D eigenvalue weighted by Crippen LogP contribution is -2.39. The second-order valence-corrected chi connectivity index (χ2v) is 6.84. The van der Waals surface area contributed by atoms with Crippen LogP contribution in [0.3, 0.4) is 0 Å².